The van der Waals surface area contributed by atoms with E-state index in [9.17, 15) is 19.1 Å². The number of carboxylic acid groups (broad SMARTS) is 1. The molecule has 2 aromatic heterocycles. The van der Waals surface area contributed by atoms with Gasteiger partial charge in [0.25, 0.3) is 0 Å². The Hall–Kier alpha value is -2.28. The average molecular weight is 361 g/mol. The number of nitrogens with one attached hydrogen (secondary N) is 1. The minimum atomic E-state index is -1.31. The Morgan fingerprint density at radius 1 is 1.42 bits per heavy atom. The molecule has 2 heterocycles. The van der Waals surface area contributed by atoms with Crippen molar-refractivity contribution in [3.63, 3.8) is 0 Å². The molecule has 0 amide bonds. The van der Waals surface area contributed by atoms with Gasteiger partial charge in [-0.25, -0.2) is 14.2 Å². The third kappa shape index (κ3) is 3.35. The maximum atomic E-state index is 14.7. The summed E-state index contributed by atoms with van der Waals surface area (Å²) in [5.74, 6) is -1.30. The quantitative estimate of drug-likeness (QED) is 0.826. The van der Waals surface area contributed by atoms with Gasteiger partial charge in [0.1, 0.15) is 17.0 Å². The van der Waals surface area contributed by atoms with Crippen LogP contribution < -0.4 is 10.7 Å². The van der Waals surface area contributed by atoms with E-state index in [2.05, 4.69) is 17.2 Å². The fourth-order valence-electron chi connectivity index (χ4n) is 3.84. The number of aromatic carboxylic acids is 1. The van der Waals surface area contributed by atoms with Crippen molar-refractivity contribution in [2.45, 2.75) is 45.6 Å². The van der Waals surface area contributed by atoms with Crippen LogP contribution in [0.3, 0.4) is 0 Å². The van der Waals surface area contributed by atoms with Gasteiger partial charge in [0.2, 0.25) is 5.43 Å². The molecule has 6 nitrogen and oxygen atoms in total. The first-order valence-electron chi connectivity index (χ1n) is 9.13. The van der Waals surface area contributed by atoms with Crippen molar-refractivity contribution in [2.75, 3.05) is 13.1 Å². The fraction of sp³-hybridized carbons (Fsp3) is 0.526. The van der Waals surface area contributed by atoms with Gasteiger partial charge in [-0.3, -0.25) is 4.79 Å². The Labute approximate surface area is 151 Å². The summed E-state index contributed by atoms with van der Waals surface area (Å²) in [6.45, 7) is 6.18. The van der Waals surface area contributed by atoms with Gasteiger partial charge in [-0.2, -0.15) is 0 Å². The zero-order valence-corrected chi connectivity index (χ0v) is 15.1. The molecule has 2 atom stereocenters. The molecular formula is C19H24FN3O3. The highest BCUT2D eigenvalue weighted by Crippen LogP contribution is 2.38. The molecule has 0 saturated heterocycles. The molecular weight excluding hydrogens is 337 g/mol. The lowest BCUT2D eigenvalue weighted by atomic mass is 9.99. The maximum Gasteiger partial charge on any atom is 0.341 e. The Morgan fingerprint density at radius 3 is 2.85 bits per heavy atom. The Balaban J connectivity index is 2.04. The van der Waals surface area contributed by atoms with E-state index >= 15 is 0 Å². The van der Waals surface area contributed by atoms with Gasteiger partial charge in [0.15, 0.2) is 0 Å². The van der Waals surface area contributed by atoms with E-state index in [0.717, 1.165) is 38.4 Å². The predicted octanol–water partition coefficient (Wildman–Crippen LogP) is 2.75. The second kappa shape index (κ2) is 7.53. The summed E-state index contributed by atoms with van der Waals surface area (Å²) in [6, 6.07) is 1.16. The van der Waals surface area contributed by atoms with Gasteiger partial charge in [-0.15, -0.1) is 0 Å². The Morgan fingerprint density at radius 2 is 2.19 bits per heavy atom. The minimum absolute atomic E-state index is 0.0233. The molecule has 0 aromatic carbocycles. The van der Waals surface area contributed by atoms with Gasteiger partial charge < -0.3 is 15.0 Å². The summed E-state index contributed by atoms with van der Waals surface area (Å²) in [6.07, 6.45) is 4.06. The Kier molecular flexibility index (Phi) is 5.36. The monoisotopic (exact) mass is 361 g/mol. The number of carboxylic acids is 1. The van der Waals surface area contributed by atoms with E-state index in [-0.39, 0.29) is 16.9 Å². The molecule has 2 unspecified atom stereocenters. The fourth-order valence-corrected chi connectivity index (χ4v) is 3.84. The van der Waals surface area contributed by atoms with E-state index in [4.69, 9.17) is 0 Å². The van der Waals surface area contributed by atoms with Crippen LogP contribution in [0.2, 0.25) is 0 Å². The molecule has 140 valence electrons. The van der Waals surface area contributed by atoms with Gasteiger partial charge in [0, 0.05) is 18.7 Å². The first kappa shape index (κ1) is 18.5. The smallest absolute Gasteiger partial charge is 0.341 e. The van der Waals surface area contributed by atoms with Crippen molar-refractivity contribution < 1.29 is 14.3 Å². The highest BCUT2D eigenvalue weighted by molar-refractivity contribution is 5.91. The molecule has 0 aliphatic heterocycles. The summed E-state index contributed by atoms with van der Waals surface area (Å²) in [7, 11) is 0. The maximum absolute atomic E-state index is 14.7. The van der Waals surface area contributed by atoms with E-state index in [1.54, 1.807) is 4.57 Å². The lowest BCUT2D eigenvalue weighted by Gasteiger charge is -2.15. The van der Waals surface area contributed by atoms with Crippen molar-refractivity contribution in [1.29, 1.82) is 0 Å². The molecule has 1 saturated carbocycles. The molecule has 0 bridgehead atoms. The van der Waals surface area contributed by atoms with Crippen LogP contribution in [0.4, 0.5) is 4.39 Å². The summed E-state index contributed by atoms with van der Waals surface area (Å²) in [5, 5.41) is 12.6. The van der Waals surface area contributed by atoms with Crippen molar-refractivity contribution in [3.8, 4) is 0 Å². The molecule has 26 heavy (non-hydrogen) atoms. The summed E-state index contributed by atoms with van der Waals surface area (Å²) in [5.41, 5.74) is -0.304. The van der Waals surface area contributed by atoms with Crippen LogP contribution in [-0.4, -0.2) is 33.7 Å². The lowest BCUT2D eigenvalue weighted by molar-refractivity contribution is 0.0695. The molecule has 1 fully saturated rings. The predicted molar refractivity (Wildman–Crippen MR) is 97.2 cm³/mol. The summed E-state index contributed by atoms with van der Waals surface area (Å²) < 4.78 is 16.3. The second-order valence-electron chi connectivity index (χ2n) is 6.87. The number of nitrogens with zero attached hydrogens (tertiary/aromatic N) is 2. The number of hydrogen-bond donors (Lipinski definition) is 2. The standard InChI is InChI=1S/C19H24FN3O3/c1-3-21-9-11-5-6-12(7-11)16-15(20)8-13-17(24)14(19(25)26)10-23(4-2)18(13)22-16/h8,10-12,21H,3-7,9H2,1-2H3,(H,25,26). The number of halogens is 1. The van der Waals surface area contributed by atoms with Gasteiger partial charge in [-0.1, -0.05) is 6.92 Å². The zero-order valence-electron chi connectivity index (χ0n) is 15.1. The van der Waals surface area contributed by atoms with Crippen LogP contribution in [0.25, 0.3) is 11.0 Å². The number of pyridine rings is 2. The normalized spacial score (nSPS) is 20.0. The topological polar surface area (TPSA) is 84.2 Å². The first-order chi connectivity index (χ1) is 12.5. The zero-order chi connectivity index (χ0) is 18.8. The molecule has 3 rings (SSSR count). The Bertz CT molecular complexity index is 894. The average Bonchev–Trinajstić information content (AvgIpc) is 3.08. The minimum Gasteiger partial charge on any atom is -0.477 e. The lowest BCUT2D eigenvalue weighted by Crippen LogP contribution is -2.21. The van der Waals surface area contributed by atoms with Crippen LogP contribution in [0.5, 0.6) is 0 Å². The van der Waals surface area contributed by atoms with Crippen LogP contribution in [0, 0.1) is 11.7 Å². The van der Waals surface area contributed by atoms with E-state index in [0.29, 0.717) is 23.8 Å². The highest BCUT2D eigenvalue weighted by atomic mass is 19.1. The molecule has 7 heteroatoms. The molecule has 1 aliphatic carbocycles. The number of aromatic nitrogens is 2. The largest absolute Gasteiger partial charge is 0.477 e. The van der Waals surface area contributed by atoms with Crippen LogP contribution >= 0.6 is 0 Å². The number of rotatable bonds is 6. The van der Waals surface area contributed by atoms with Gasteiger partial charge in [-0.05, 0) is 51.3 Å². The number of hydrogen-bond acceptors (Lipinski definition) is 4. The third-order valence-electron chi connectivity index (χ3n) is 5.21. The summed E-state index contributed by atoms with van der Waals surface area (Å²) in [4.78, 5) is 28.1. The SMILES string of the molecule is CCNCC1CCC(c2nc3c(cc2F)c(=O)c(C(=O)O)cn3CC)C1. The summed E-state index contributed by atoms with van der Waals surface area (Å²) >= 11 is 0. The van der Waals surface area contributed by atoms with Gasteiger partial charge >= 0.3 is 5.97 Å². The van der Waals surface area contributed by atoms with Crippen LogP contribution in [0.15, 0.2) is 17.1 Å². The van der Waals surface area contributed by atoms with Crippen molar-refractivity contribution in [2.24, 2.45) is 5.92 Å². The molecule has 2 aromatic rings. The highest BCUT2D eigenvalue weighted by Gasteiger charge is 2.29. The van der Waals surface area contributed by atoms with E-state index in [1.807, 2.05) is 6.92 Å². The van der Waals surface area contributed by atoms with E-state index < -0.39 is 17.2 Å². The van der Waals surface area contributed by atoms with Crippen molar-refractivity contribution in [1.82, 2.24) is 14.9 Å². The second-order valence-corrected chi connectivity index (χ2v) is 6.87. The first-order valence-corrected chi connectivity index (χ1v) is 9.13. The third-order valence-corrected chi connectivity index (χ3v) is 5.21. The molecule has 0 radical (unpaired) electrons. The number of aryl methyl sites for hydroxylation is 1. The molecule has 2 N–H and O–H groups in total. The molecule has 1 aliphatic rings. The molecule has 0 spiro atoms. The van der Waals surface area contributed by atoms with Crippen molar-refractivity contribution in [3.05, 3.63) is 39.6 Å². The van der Waals surface area contributed by atoms with Crippen LogP contribution in [-0.2, 0) is 6.54 Å². The van der Waals surface area contributed by atoms with E-state index in [1.165, 1.54) is 6.20 Å². The van der Waals surface area contributed by atoms with Crippen molar-refractivity contribution >= 4 is 17.0 Å². The number of fused-ring (bicyclic) bond motifs is 1. The van der Waals surface area contributed by atoms with Gasteiger partial charge in [0.05, 0.1) is 11.1 Å². The van der Waals surface area contributed by atoms with Crippen LogP contribution in [0.1, 0.15) is 55.1 Å². The number of carbonyl (C=O) groups is 1.